The number of allylic oxidation sites excluding steroid dienone is 1. The molecule has 120 heavy (non-hydrogen) atoms. The highest BCUT2D eigenvalue weighted by molar-refractivity contribution is 5.92. The van der Waals surface area contributed by atoms with E-state index in [1.807, 2.05) is 0 Å². The highest BCUT2D eigenvalue weighted by atomic mass is 19.1. The smallest absolute Gasteiger partial charge is 0.343 e. The van der Waals surface area contributed by atoms with Gasteiger partial charge in [0.1, 0.15) is 17.6 Å². The first-order valence-electron chi connectivity index (χ1n) is 48.2. The number of carbonyl (C=O) groups is 3. The molecule has 11 atom stereocenters. The van der Waals surface area contributed by atoms with Crippen LogP contribution in [0.15, 0.2) is 96.6 Å². The van der Waals surface area contributed by atoms with Crippen molar-refractivity contribution >= 4 is 17.9 Å². The summed E-state index contributed by atoms with van der Waals surface area (Å²) in [5.41, 5.74) is 7.13. The van der Waals surface area contributed by atoms with E-state index in [9.17, 15) is 23.2 Å². The van der Waals surface area contributed by atoms with Crippen molar-refractivity contribution in [2.45, 2.75) is 370 Å². The second kappa shape index (κ2) is 49.3. The topological polar surface area (TPSA) is 97.4 Å². The van der Waals surface area contributed by atoms with Crippen molar-refractivity contribution < 1.29 is 64.0 Å². The van der Waals surface area contributed by atoms with Gasteiger partial charge in [-0.2, -0.15) is 0 Å². The van der Waals surface area contributed by atoms with Gasteiger partial charge >= 0.3 is 17.9 Å². The Morgan fingerprint density at radius 1 is 0.550 bits per heavy atom. The first-order valence-corrected chi connectivity index (χ1v) is 48.2. The Hall–Kier alpha value is -7.27. The fraction of sp³-hybridized carbons (Fsp3) is 0.664. The van der Waals surface area contributed by atoms with Crippen molar-refractivity contribution in [2.75, 3.05) is 7.11 Å². The number of esters is 3. The summed E-state index contributed by atoms with van der Waals surface area (Å²) < 4.78 is 55.9. The van der Waals surface area contributed by atoms with Crippen LogP contribution in [0.3, 0.4) is 0 Å². The summed E-state index contributed by atoms with van der Waals surface area (Å²) in [6, 6.07) is 25.1. The molecule has 7 saturated carbocycles. The average Bonchev–Trinajstić information content (AvgIpc) is 1.48. The molecule has 0 spiro atoms. The van der Waals surface area contributed by atoms with Crippen LogP contribution in [0.1, 0.15) is 400 Å². The van der Waals surface area contributed by atoms with E-state index in [4.69, 9.17) is 36.5 Å². The summed E-state index contributed by atoms with van der Waals surface area (Å²) in [7, 11) is 1.54. The number of methoxy groups -OCH3 is 1. The molecule has 8 aliphatic carbocycles. The Labute approximate surface area is 744 Å². The van der Waals surface area contributed by atoms with Gasteiger partial charge in [0.2, 0.25) is 0 Å². The molecule has 0 aliphatic heterocycles. The van der Waals surface area contributed by atoms with Gasteiger partial charge in [0.15, 0.2) is 29.6 Å². The molecule has 4 aromatic carbocycles. The van der Waals surface area contributed by atoms with Crippen LogP contribution in [0.25, 0.3) is 0 Å². The third kappa shape index (κ3) is 28.4. The van der Waals surface area contributed by atoms with Crippen LogP contribution in [-0.4, -0.2) is 43.3 Å². The monoisotopic (exact) mass is 1670 g/mol. The number of carbonyl (C=O) groups excluding carboxylic acids is 3. The molecule has 0 heterocycles. The number of terminal acetylenes is 2. The summed E-state index contributed by atoms with van der Waals surface area (Å²) in [5.74, 6) is 25.5. The number of hydrogen-bond donors (Lipinski definition) is 0. The van der Waals surface area contributed by atoms with Gasteiger partial charge in [0.25, 0.3) is 0 Å². The van der Waals surface area contributed by atoms with Gasteiger partial charge < -0.3 is 23.7 Å². The molecule has 4 aromatic rings. The largest absolute Gasteiger partial charge is 0.497 e. The molecule has 12 rings (SSSR count). The van der Waals surface area contributed by atoms with Crippen molar-refractivity contribution in [1.29, 1.82) is 0 Å². The lowest BCUT2D eigenvalue weighted by molar-refractivity contribution is -0.151. The fourth-order valence-electron chi connectivity index (χ4n) is 23.3. The van der Waals surface area contributed by atoms with Crippen LogP contribution in [0.2, 0.25) is 0 Å². The SMILES string of the molecule is C#CC#CC(C)OC(=O)c1ccc(OC(=O)c2ccc(OC)cc2)cc1.C#CC#CC(C)Oc1c(F)cc(C2CCC(C3CCC(CCC)CC3)CC2)cc1F.CCCC1CCC(C2CCC(c3ccc(CC(C)CC)cc3)CC2)CC1.CCCCCCCCC(=O)O[C@H]1CC[C@@]2(C)C(=CC[C@H]3[C@@H]4CC[C@H](C(C)CCCC(C)C)[C@@]4(C)CC[C@@H]32)C1.[HH].[HH].[HH].[HH].[HH].[HH].[HH].[HH].[HH].[HH].[HH].[HH]. The molecule has 680 valence electrons. The molecule has 10 heteroatoms. The molecular weight excluding hydrogens is 1490 g/mol. The summed E-state index contributed by atoms with van der Waals surface area (Å²) in [6.07, 6.45) is 64.0. The average molecular weight is 1670 g/mol. The van der Waals surface area contributed by atoms with Gasteiger partial charge in [-0.25, -0.2) is 18.4 Å². The maximum atomic E-state index is 14.6. The van der Waals surface area contributed by atoms with Gasteiger partial charge in [0.05, 0.1) is 18.2 Å². The number of halogens is 2. The molecule has 8 nitrogen and oxygen atoms in total. The lowest BCUT2D eigenvalue weighted by Crippen LogP contribution is -2.51. The van der Waals surface area contributed by atoms with Crippen LogP contribution >= 0.6 is 0 Å². The van der Waals surface area contributed by atoms with Crippen LogP contribution < -0.4 is 14.2 Å². The van der Waals surface area contributed by atoms with Gasteiger partial charge in [0, 0.05) is 30.0 Å². The minimum Gasteiger partial charge on any atom is -0.497 e. The summed E-state index contributed by atoms with van der Waals surface area (Å²) in [5, 5.41) is 0. The maximum Gasteiger partial charge on any atom is 0.343 e. The van der Waals surface area contributed by atoms with Gasteiger partial charge in [-0.05, 0) is 361 Å². The molecule has 7 fully saturated rings. The van der Waals surface area contributed by atoms with E-state index in [1.165, 1.54) is 260 Å². The quantitative estimate of drug-likeness (QED) is 0.0162. The molecule has 0 bridgehead atoms. The highest BCUT2D eigenvalue weighted by Crippen LogP contribution is 2.68. The summed E-state index contributed by atoms with van der Waals surface area (Å²) in [6.45, 7) is 27.4. The second-order valence-corrected chi connectivity index (χ2v) is 39.1. The lowest BCUT2D eigenvalue weighted by atomic mass is 9.47. The zero-order valence-electron chi connectivity index (χ0n) is 76.5. The minimum absolute atomic E-state index is 0. The number of hydrogen-bond acceptors (Lipinski definition) is 8. The maximum absolute atomic E-state index is 14.6. The van der Waals surface area contributed by atoms with Crippen LogP contribution in [-0.2, 0) is 20.7 Å². The van der Waals surface area contributed by atoms with E-state index in [-0.39, 0.29) is 40.9 Å². The Morgan fingerprint density at radius 3 is 1.62 bits per heavy atom. The molecule has 0 amide bonds. The van der Waals surface area contributed by atoms with Crippen molar-refractivity contribution in [3.05, 3.63) is 136 Å². The van der Waals surface area contributed by atoms with Gasteiger partial charge in [-0.3, -0.25) is 4.79 Å². The second-order valence-electron chi connectivity index (χ2n) is 39.1. The van der Waals surface area contributed by atoms with Gasteiger partial charge in [-0.1, -0.05) is 214 Å². The number of fused-ring (bicyclic) bond motifs is 5. The summed E-state index contributed by atoms with van der Waals surface area (Å²) >= 11 is 0. The Kier molecular flexibility index (Phi) is 39.6. The number of unbranched alkanes of at least 4 members (excludes halogenated alkanes) is 5. The third-order valence-corrected chi connectivity index (χ3v) is 30.5. The van der Waals surface area contributed by atoms with Crippen LogP contribution in [0.5, 0.6) is 17.2 Å². The third-order valence-electron chi connectivity index (χ3n) is 30.5. The molecule has 0 N–H and O–H groups in total. The number of rotatable bonds is 31. The van der Waals surface area contributed by atoms with E-state index < -0.39 is 35.8 Å². The first-order chi connectivity index (χ1) is 57.9. The Morgan fingerprint density at radius 2 is 1.08 bits per heavy atom. The standard InChI is InChI=1S/C36H62O2.C27H34F2O.C26H42.C21H16O5.12H2/c1-7-8-9-10-11-12-16-34(37)38-29-21-23-35(5)28(25-29)17-18-30-32-20-19-31(27(4)15-13-14-26(2)3)36(32,6)24-22-33(30)35;1-4-6-8-19(3)30-27-25(28)17-24(18-26(27)29)23-15-13-22(14-16-23)21-11-9-20(7-5-2)10-12-21;1-4-6-21-7-11-23(12-8-21)25-15-17-26(18-16-25)24-13-9-22(10-14-24)19-20(3)5-2;1-4-5-6-15(2)25-20(22)16-9-13-19(14-10-16)26-21(23)17-7-11-18(24-3)12-8-17;;;;;;;;;;;;/h17,26-27,29-33H,7-16,18-25H2,1-6H3;1,17-23H,5,7,9-16H2,2-3H3;9-10,13-14,20-21,23,25-26H,4-8,11-12,15-19H2,1-3H3;1,7-15H,2-3H3;12*1H/t27?,29-,30-,31+,32-,33-,35-,36+;;;;;;;;;;;;;;;/m0.............../s1. The first kappa shape index (κ1) is 96.5. The van der Waals surface area contributed by atoms with Crippen LogP contribution in [0, 0.1) is 148 Å². The van der Waals surface area contributed by atoms with E-state index in [2.05, 4.69) is 135 Å². The van der Waals surface area contributed by atoms with Crippen molar-refractivity contribution in [3.8, 4) is 65.6 Å². The zero-order chi connectivity index (χ0) is 86.1. The summed E-state index contributed by atoms with van der Waals surface area (Å²) in [4.78, 5) is 36.6. The van der Waals surface area contributed by atoms with E-state index in [0.29, 0.717) is 39.9 Å². The van der Waals surface area contributed by atoms with E-state index >= 15 is 0 Å². The molecular formula is C110H178F2O8. The number of ether oxygens (including phenoxy) is 5. The molecule has 4 unspecified atom stereocenters. The predicted molar refractivity (Wildman–Crippen MR) is 515 cm³/mol. The fourth-order valence-corrected chi connectivity index (χ4v) is 23.3. The number of benzene rings is 4. The van der Waals surface area contributed by atoms with Crippen molar-refractivity contribution in [1.82, 2.24) is 0 Å². The Balaban J connectivity index is -0.000000812. The normalized spacial score (nSPS) is 27.6. The highest BCUT2D eigenvalue weighted by Gasteiger charge is 2.59. The Bertz CT molecular complexity index is 4040. The lowest BCUT2D eigenvalue weighted by Gasteiger charge is -2.58. The minimum atomic E-state index is -0.668. The molecule has 8 aliphatic rings. The molecule has 0 aromatic heterocycles. The van der Waals surface area contributed by atoms with E-state index in [1.54, 1.807) is 56.4 Å². The van der Waals surface area contributed by atoms with Crippen molar-refractivity contribution in [3.63, 3.8) is 0 Å². The molecule has 0 radical (unpaired) electrons. The van der Waals surface area contributed by atoms with Crippen LogP contribution in [0.4, 0.5) is 8.78 Å². The predicted octanol–water partition coefficient (Wildman–Crippen LogP) is 32.1. The van der Waals surface area contributed by atoms with Gasteiger partial charge in [-0.15, -0.1) is 12.8 Å². The zero-order valence-corrected chi connectivity index (χ0v) is 76.5. The molecule has 0 saturated heterocycles. The van der Waals surface area contributed by atoms with Crippen molar-refractivity contribution in [2.24, 2.45) is 87.8 Å². The van der Waals surface area contributed by atoms with E-state index in [0.717, 1.165) is 121 Å².